The fraction of sp³-hybridized carbons (Fsp3) is 0.190. The quantitative estimate of drug-likeness (QED) is 0.517. The third-order valence-electron chi connectivity index (χ3n) is 3.90. The average Bonchev–Trinajstić information content (AvgIpc) is 2.67. The van der Waals surface area contributed by atoms with Gasteiger partial charge in [0, 0.05) is 5.69 Å². The lowest BCUT2D eigenvalue weighted by molar-refractivity contribution is -0.112. The molecule has 0 unspecified atom stereocenters. The van der Waals surface area contributed by atoms with Gasteiger partial charge in [0.2, 0.25) is 0 Å². The van der Waals surface area contributed by atoms with Gasteiger partial charge >= 0.3 is 5.97 Å². The van der Waals surface area contributed by atoms with Crippen LogP contribution in [-0.4, -0.2) is 23.1 Å². The van der Waals surface area contributed by atoms with Crippen molar-refractivity contribution in [2.24, 2.45) is 0 Å². The zero-order chi connectivity index (χ0) is 20.7. The Balaban J connectivity index is 2.20. The molecule has 6 nitrogen and oxygen atoms in total. The Morgan fingerprint density at radius 1 is 1.32 bits per heavy atom. The zero-order valence-corrected chi connectivity index (χ0v) is 16.2. The molecule has 2 aromatic rings. The van der Waals surface area contributed by atoms with Gasteiger partial charge in [-0.15, -0.1) is 0 Å². The van der Waals surface area contributed by atoms with Crippen molar-refractivity contribution in [3.05, 3.63) is 64.2 Å². The van der Waals surface area contributed by atoms with Gasteiger partial charge in [0.05, 0.1) is 16.7 Å². The summed E-state index contributed by atoms with van der Waals surface area (Å²) in [5.41, 5.74) is 0.727. The number of hydrogen-bond donors (Lipinski definition) is 2. The van der Waals surface area contributed by atoms with Crippen LogP contribution in [0.15, 0.2) is 48.0 Å². The predicted molar refractivity (Wildman–Crippen MR) is 107 cm³/mol. The lowest BCUT2D eigenvalue weighted by Gasteiger charge is -2.14. The lowest BCUT2D eigenvalue weighted by Crippen LogP contribution is -2.14. The molecule has 1 atom stereocenters. The maximum absolute atomic E-state index is 12.4. The molecule has 2 N–H and O–H groups in total. The predicted octanol–water partition coefficient (Wildman–Crippen LogP) is 4.76. The monoisotopic (exact) mass is 398 g/mol. The SMILES string of the molecule is CC[C@@H](C)Oc1ccc(/C=C(/C#N)C(=O)Nc2cccc(C(=O)O)c2)cc1Cl. The number of carbonyl (C=O) groups is 2. The number of halogens is 1. The molecule has 0 saturated carbocycles. The number of nitriles is 1. The van der Waals surface area contributed by atoms with Crippen molar-refractivity contribution in [2.45, 2.75) is 26.4 Å². The molecule has 7 heteroatoms. The van der Waals surface area contributed by atoms with Crippen molar-refractivity contribution < 1.29 is 19.4 Å². The van der Waals surface area contributed by atoms with E-state index >= 15 is 0 Å². The third-order valence-corrected chi connectivity index (χ3v) is 4.20. The van der Waals surface area contributed by atoms with Gasteiger partial charge in [-0.2, -0.15) is 5.26 Å². The van der Waals surface area contributed by atoms with E-state index in [4.69, 9.17) is 21.4 Å². The van der Waals surface area contributed by atoms with Crippen LogP contribution in [0.1, 0.15) is 36.2 Å². The van der Waals surface area contributed by atoms with Crippen molar-refractivity contribution >= 4 is 35.2 Å². The van der Waals surface area contributed by atoms with Gasteiger partial charge < -0.3 is 15.2 Å². The standard InChI is InChI=1S/C21H19ClN2O4/c1-3-13(2)28-19-8-7-14(10-18(19)22)9-16(12-23)20(25)24-17-6-4-5-15(11-17)21(26)27/h4-11,13H,3H2,1-2H3,(H,24,25)(H,26,27)/b16-9-/t13-/m1/s1. The molecule has 2 aromatic carbocycles. The molecule has 0 spiro atoms. The van der Waals surface area contributed by atoms with Crippen molar-refractivity contribution in [3.8, 4) is 11.8 Å². The summed E-state index contributed by atoms with van der Waals surface area (Å²) in [7, 11) is 0. The van der Waals surface area contributed by atoms with Crippen LogP contribution in [0.5, 0.6) is 5.75 Å². The Morgan fingerprint density at radius 2 is 2.07 bits per heavy atom. The molecule has 0 saturated heterocycles. The molecule has 0 aliphatic carbocycles. The Morgan fingerprint density at radius 3 is 2.68 bits per heavy atom. The van der Waals surface area contributed by atoms with E-state index in [-0.39, 0.29) is 22.9 Å². The summed E-state index contributed by atoms with van der Waals surface area (Å²) in [5.74, 6) is -1.23. The summed E-state index contributed by atoms with van der Waals surface area (Å²) in [6.07, 6.45) is 2.25. The first-order valence-corrected chi connectivity index (χ1v) is 8.94. The minimum atomic E-state index is -1.11. The molecule has 0 heterocycles. The molecule has 0 aromatic heterocycles. The molecule has 144 valence electrons. The second kappa shape index (κ2) is 9.58. The Bertz CT molecular complexity index is 963. The van der Waals surface area contributed by atoms with Crippen molar-refractivity contribution in [2.75, 3.05) is 5.32 Å². The molecule has 2 rings (SSSR count). The fourth-order valence-electron chi connectivity index (χ4n) is 2.25. The van der Waals surface area contributed by atoms with E-state index in [1.54, 1.807) is 18.2 Å². The number of carboxylic acid groups (broad SMARTS) is 1. The van der Waals surface area contributed by atoms with Crippen molar-refractivity contribution in [3.63, 3.8) is 0 Å². The first kappa shape index (κ1) is 21.0. The highest BCUT2D eigenvalue weighted by Gasteiger charge is 2.12. The second-order valence-corrected chi connectivity index (χ2v) is 6.44. The highest BCUT2D eigenvalue weighted by molar-refractivity contribution is 6.32. The van der Waals surface area contributed by atoms with Gasteiger partial charge in [-0.1, -0.05) is 30.7 Å². The zero-order valence-electron chi connectivity index (χ0n) is 15.4. The number of anilines is 1. The smallest absolute Gasteiger partial charge is 0.335 e. The van der Waals surface area contributed by atoms with E-state index in [1.165, 1.54) is 30.3 Å². The van der Waals surface area contributed by atoms with Gasteiger partial charge in [-0.25, -0.2) is 4.79 Å². The van der Waals surface area contributed by atoms with Crippen LogP contribution in [0.3, 0.4) is 0 Å². The number of rotatable bonds is 7. The number of nitrogens with zero attached hydrogens (tertiary/aromatic N) is 1. The molecular formula is C21H19ClN2O4. The number of amides is 1. The van der Waals surface area contributed by atoms with Crippen LogP contribution < -0.4 is 10.1 Å². The van der Waals surface area contributed by atoms with E-state index in [0.29, 0.717) is 16.3 Å². The molecule has 28 heavy (non-hydrogen) atoms. The van der Waals surface area contributed by atoms with Crippen LogP contribution >= 0.6 is 11.6 Å². The van der Waals surface area contributed by atoms with Crippen LogP contribution in [0.2, 0.25) is 5.02 Å². The van der Waals surface area contributed by atoms with Crippen molar-refractivity contribution in [1.82, 2.24) is 0 Å². The normalized spacial score (nSPS) is 12.0. The molecule has 0 fully saturated rings. The fourth-order valence-corrected chi connectivity index (χ4v) is 2.48. The number of benzene rings is 2. The summed E-state index contributed by atoms with van der Waals surface area (Å²) >= 11 is 6.22. The first-order valence-electron chi connectivity index (χ1n) is 8.56. The molecular weight excluding hydrogens is 380 g/mol. The summed E-state index contributed by atoms with van der Waals surface area (Å²) in [6, 6.07) is 12.6. The van der Waals surface area contributed by atoms with E-state index < -0.39 is 11.9 Å². The molecule has 0 radical (unpaired) electrons. The average molecular weight is 399 g/mol. The van der Waals surface area contributed by atoms with E-state index in [1.807, 2.05) is 19.9 Å². The highest BCUT2D eigenvalue weighted by Crippen LogP contribution is 2.28. The highest BCUT2D eigenvalue weighted by atomic mass is 35.5. The summed E-state index contributed by atoms with van der Waals surface area (Å²) in [6.45, 7) is 3.93. The lowest BCUT2D eigenvalue weighted by atomic mass is 10.1. The van der Waals surface area contributed by atoms with Gasteiger partial charge in [-0.05, 0) is 55.3 Å². The number of nitrogens with one attached hydrogen (secondary N) is 1. The Labute approximate surface area is 168 Å². The third kappa shape index (κ3) is 5.60. The second-order valence-electron chi connectivity index (χ2n) is 6.04. The van der Waals surface area contributed by atoms with Crippen LogP contribution in [0, 0.1) is 11.3 Å². The maximum Gasteiger partial charge on any atom is 0.335 e. The van der Waals surface area contributed by atoms with Gasteiger partial charge in [0.15, 0.2) is 0 Å². The molecule has 0 aliphatic rings. The largest absolute Gasteiger partial charge is 0.489 e. The van der Waals surface area contributed by atoms with Crippen LogP contribution in [0.4, 0.5) is 5.69 Å². The topological polar surface area (TPSA) is 99.4 Å². The molecule has 0 bridgehead atoms. The van der Waals surface area contributed by atoms with E-state index in [2.05, 4.69) is 5.32 Å². The number of carbonyl (C=O) groups excluding carboxylic acids is 1. The van der Waals surface area contributed by atoms with Crippen LogP contribution in [0.25, 0.3) is 6.08 Å². The first-order chi connectivity index (χ1) is 13.3. The van der Waals surface area contributed by atoms with Crippen LogP contribution in [-0.2, 0) is 4.79 Å². The number of hydrogen-bond acceptors (Lipinski definition) is 4. The Hall–Kier alpha value is -3.30. The number of ether oxygens (including phenoxy) is 1. The number of aromatic carboxylic acids is 1. The molecule has 1 amide bonds. The summed E-state index contributed by atoms with van der Waals surface area (Å²) < 4.78 is 5.69. The van der Waals surface area contributed by atoms with Gasteiger partial charge in [-0.3, -0.25) is 4.79 Å². The van der Waals surface area contributed by atoms with Gasteiger partial charge in [0.25, 0.3) is 5.91 Å². The maximum atomic E-state index is 12.4. The van der Waals surface area contributed by atoms with Gasteiger partial charge in [0.1, 0.15) is 17.4 Å². The summed E-state index contributed by atoms with van der Waals surface area (Å²) in [5, 5.41) is 21.2. The Kier molecular flexibility index (Phi) is 7.19. The van der Waals surface area contributed by atoms with E-state index in [0.717, 1.165) is 6.42 Å². The molecule has 0 aliphatic heterocycles. The van der Waals surface area contributed by atoms with E-state index in [9.17, 15) is 14.9 Å². The van der Waals surface area contributed by atoms with Crippen molar-refractivity contribution in [1.29, 1.82) is 5.26 Å². The minimum Gasteiger partial charge on any atom is -0.489 e. The summed E-state index contributed by atoms with van der Waals surface area (Å²) in [4.78, 5) is 23.4. The number of carboxylic acids is 1. The minimum absolute atomic E-state index is 0.0147.